The van der Waals surface area contributed by atoms with Crippen LogP contribution in [0.4, 0.5) is 0 Å². The van der Waals surface area contributed by atoms with Crippen LogP contribution in [0, 0.1) is 6.92 Å². The van der Waals surface area contributed by atoms with Crippen molar-refractivity contribution in [2.75, 3.05) is 6.54 Å². The number of rotatable bonds is 8. The highest BCUT2D eigenvalue weighted by Crippen LogP contribution is 2.07. The number of hydrogen-bond acceptors (Lipinski definition) is 3. The van der Waals surface area contributed by atoms with E-state index in [0.29, 0.717) is 24.9 Å². The van der Waals surface area contributed by atoms with E-state index in [4.69, 9.17) is 5.73 Å². The third-order valence-corrected chi connectivity index (χ3v) is 3.85. The quantitative estimate of drug-likeness (QED) is 0.669. The molecule has 0 aromatic heterocycles. The molecule has 0 bridgehead atoms. The summed E-state index contributed by atoms with van der Waals surface area (Å²) < 4.78 is 0. The molecule has 2 aromatic carbocycles. The first kappa shape index (κ1) is 19.2. The van der Waals surface area contributed by atoms with Gasteiger partial charge in [0.2, 0.25) is 11.8 Å². The molecule has 4 N–H and O–H groups in total. The lowest BCUT2D eigenvalue weighted by atomic mass is 10.1. The van der Waals surface area contributed by atoms with Gasteiger partial charge in [0.25, 0.3) is 5.91 Å². The number of aryl methyl sites for hydroxylation is 2. The highest BCUT2D eigenvalue weighted by Gasteiger charge is 2.07. The fraction of sp³-hybridized carbons (Fsp3) is 0.250. The number of carbonyl (C=O) groups is 3. The van der Waals surface area contributed by atoms with Crippen molar-refractivity contribution < 1.29 is 14.4 Å². The van der Waals surface area contributed by atoms with E-state index in [-0.39, 0.29) is 18.4 Å². The van der Waals surface area contributed by atoms with Crippen LogP contribution in [0.25, 0.3) is 0 Å². The Balaban J connectivity index is 1.77. The zero-order valence-corrected chi connectivity index (χ0v) is 14.7. The molecule has 2 aromatic rings. The zero-order valence-electron chi connectivity index (χ0n) is 14.7. The Kier molecular flexibility index (Phi) is 6.91. The summed E-state index contributed by atoms with van der Waals surface area (Å²) in [7, 11) is 0. The number of amides is 3. The molecule has 0 heterocycles. The molecule has 6 nitrogen and oxygen atoms in total. The average Bonchev–Trinajstić information content (AvgIpc) is 2.63. The summed E-state index contributed by atoms with van der Waals surface area (Å²) in [5.74, 6) is -0.976. The van der Waals surface area contributed by atoms with E-state index >= 15 is 0 Å². The molecule has 0 spiro atoms. The topological polar surface area (TPSA) is 101 Å². The third kappa shape index (κ3) is 6.39. The normalized spacial score (nSPS) is 10.2. The van der Waals surface area contributed by atoms with Crippen LogP contribution in [0.2, 0.25) is 0 Å². The van der Waals surface area contributed by atoms with Gasteiger partial charge in [0.05, 0.1) is 6.54 Å². The standard InChI is InChI=1S/C20H23N3O3/c1-14-3-2-4-15(11-14)7-10-19(25)22-12-16-5-8-17(9-6-16)20(26)23-13-18(21)24/h2-6,8-9,11H,7,10,12-13H2,1H3,(H2,21,24)(H,22,25)(H,23,26). The molecule has 0 radical (unpaired) electrons. The van der Waals surface area contributed by atoms with Crippen molar-refractivity contribution in [3.05, 3.63) is 70.8 Å². The molecule has 0 fully saturated rings. The van der Waals surface area contributed by atoms with E-state index in [0.717, 1.165) is 11.1 Å². The molecule has 0 aliphatic carbocycles. The van der Waals surface area contributed by atoms with Crippen molar-refractivity contribution in [1.29, 1.82) is 0 Å². The van der Waals surface area contributed by atoms with Crippen LogP contribution < -0.4 is 16.4 Å². The van der Waals surface area contributed by atoms with Crippen molar-refractivity contribution in [1.82, 2.24) is 10.6 Å². The minimum Gasteiger partial charge on any atom is -0.368 e. The predicted molar refractivity (Wildman–Crippen MR) is 99.3 cm³/mol. The van der Waals surface area contributed by atoms with E-state index in [9.17, 15) is 14.4 Å². The van der Waals surface area contributed by atoms with Crippen LogP contribution >= 0.6 is 0 Å². The lowest BCUT2D eigenvalue weighted by molar-refractivity contribution is -0.121. The van der Waals surface area contributed by atoms with Crippen LogP contribution in [0.1, 0.15) is 33.5 Å². The highest BCUT2D eigenvalue weighted by molar-refractivity contribution is 5.96. The van der Waals surface area contributed by atoms with Gasteiger partial charge in [-0.25, -0.2) is 0 Å². The number of nitrogens with one attached hydrogen (secondary N) is 2. The van der Waals surface area contributed by atoms with Crippen LogP contribution in [0.5, 0.6) is 0 Å². The second kappa shape index (κ2) is 9.36. The summed E-state index contributed by atoms with van der Waals surface area (Å²) in [5.41, 5.74) is 8.63. The number of nitrogens with two attached hydrogens (primary N) is 1. The molecule has 0 aliphatic heterocycles. The van der Waals surface area contributed by atoms with Gasteiger partial charge in [0, 0.05) is 18.5 Å². The molecule has 3 amide bonds. The second-order valence-electron chi connectivity index (χ2n) is 6.11. The molecule has 6 heteroatoms. The number of primary amides is 1. The Bertz CT molecular complexity index is 785. The SMILES string of the molecule is Cc1cccc(CCC(=O)NCc2ccc(C(=O)NCC(N)=O)cc2)c1. The van der Waals surface area contributed by atoms with Crippen LogP contribution in [0.3, 0.4) is 0 Å². The zero-order chi connectivity index (χ0) is 18.9. The smallest absolute Gasteiger partial charge is 0.251 e. The molecular formula is C20H23N3O3. The number of carbonyl (C=O) groups excluding carboxylic acids is 3. The summed E-state index contributed by atoms with van der Waals surface area (Å²) >= 11 is 0. The summed E-state index contributed by atoms with van der Waals surface area (Å²) in [6, 6.07) is 14.9. The molecule has 26 heavy (non-hydrogen) atoms. The van der Waals surface area contributed by atoms with Crippen molar-refractivity contribution in [3.8, 4) is 0 Å². The maximum Gasteiger partial charge on any atom is 0.251 e. The molecule has 2 rings (SSSR count). The minimum atomic E-state index is -0.594. The monoisotopic (exact) mass is 353 g/mol. The Morgan fingerprint density at radius 1 is 0.962 bits per heavy atom. The Hall–Kier alpha value is -3.15. The van der Waals surface area contributed by atoms with Crippen LogP contribution in [-0.2, 0) is 22.6 Å². The van der Waals surface area contributed by atoms with Crippen molar-refractivity contribution in [3.63, 3.8) is 0 Å². The van der Waals surface area contributed by atoms with Gasteiger partial charge in [0.1, 0.15) is 0 Å². The predicted octanol–water partition coefficient (Wildman–Crippen LogP) is 1.46. The Morgan fingerprint density at radius 3 is 2.35 bits per heavy atom. The first-order valence-electron chi connectivity index (χ1n) is 8.42. The van der Waals surface area contributed by atoms with Gasteiger partial charge in [-0.05, 0) is 36.6 Å². The first-order valence-corrected chi connectivity index (χ1v) is 8.42. The number of benzene rings is 2. The van der Waals surface area contributed by atoms with Gasteiger partial charge in [0.15, 0.2) is 0 Å². The van der Waals surface area contributed by atoms with Gasteiger partial charge in [-0.15, -0.1) is 0 Å². The Morgan fingerprint density at radius 2 is 1.69 bits per heavy atom. The third-order valence-electron chi connectivity index (χ3n) is 3.85. The van der Waals surface area contributed by atoms with Gasteiger partial charge in [-0.2, -0.15) is 0 Å². The lowest BCUT2D eigenvalue weighted by Crippen LogP contribution is -2.33. The van der Waals surface area contributed by atoms with E-state index in [1.807, 2.05) is 25.1 Å². The van der Waals surface area contributed by atoms with Crippen molar-refractivity contribution in [2.24, 2.45) is 5.73 Å². The molecule has 0 saturated heterocycles. The highest BCUT2D eigenvalue weighted by atomic mass is 16.2. The van der Waals surface area contributed by atoms with E-state index < -0.39 is 5.91 Å². The lowest BCUT2D eigenvalue weighted by Gasteiger charge is -2.07. The van der Waals surface area contributed by atoms with Gasteiger partial charge < -0.3 is 16.4 Å². The van der Waals surface area contributed by atoms with Gasteiger partial charge in [-0.3, -0.25) is 14.4 Å². The fourth-order valence-corrected chi connectivity index (χ4v) is 2.46. The molecule has 0 unspecified atom stereocenters. The molecule has 0 atom stereocenters. The van der Waals surface area contributed by atoms with Crippen LogP contribution in [0.15, 0.2) is 48.5 Å². The minimum absolute atomic E-state index is 0.0187. The van der Waals surface area contributed by atoms with E-state index in [1.54, 1.807) is 24.3 Å². The van der Waals surface area contributed by atoms with Gasteiger partial charge in [-0.1, -0.05) is 42.0 Å². The largest absolute Gasteiger partial charge is 0.368 e. The summed E-state index contributed by atoms with van der Waals surface area (Å²) in [6.07, 6.45) is 1.13. The van der Waals surface area contributed by atoms with E-state index in [1.165, 1.54) is 5.56 Å². The van der Waals surface area contributed by atoms with Gasteiger partial charge >= 0.3 is 0 Å². The Labute approximate surface area is 152 Å². The maximum atomic E-state index is 12.0. The summed E-state index contributed by atoms with van der Waals surface area (Å²) in [6.45, 7) is 2.23. The molecule has 0 saturated carbocycles. The summed E-state index contributed by atoms with van der Waals surface area (Å²) in [4.78, 5) is 34.4. The fourth-order valence-electron chi connectivity index (χ4n) is 2.46. The maximum absolute atomic E-state index is 12.0. The first-order chi connectivity index (χ1) is 12.4. The average molecular weight is 353 g/mol. The van der Waals surface area contributed by atoms with E-state index in [2.05, 4.69) is 16.7 Å². The molecule has 136 valence electrons. The molecule has 0 aliphatic rings. The number of hydrogen-bond donors (Lipinski definition) is 3. The summed E-state index contributed by atoms with van der Waals surface area (Å²) in [5, 5.41) is 5.29. The van der Waals surface area contributed by atoms with Crippen molar-refractivity contribution in [2.45, 2.75) is 26.3 Å². The van der Waals surface area contributed by atoms with Crippen LogP contribution in [-0.4, -0.2) is 24.3 Å². The van der Waals surface area contributed by atoms with Crippen molar-refractivity contribution >= 4 is 17.7 Å². The second-order valence-corrected chi connectivity index (χ2v) is 6.11. The molecular weight excluding hydrogens is 330 g/mol.